The first-order valence-corrected chi connectivity index (χ1v) is 5.94. The molecule has 2 amide bonds. The van der Waals surface area contributed by atoms with E-state index in [0.29, 0.717) is 18.6 Å². The lowest BCUT2D eigenvalue weighted by atomic mass is 9.63. The van der Waals surface area contributed by atoms with Crippen molar-refractivity contribution >= 4 is 17.7 Å². The topological polar surface area (TPSA) is 108 Å². The minimum atomic E-state index is -1.03. The number of urea groups is 1. The number of hydrazone groups is 1. The summed E-state index contributed by atoms with van der Waals surface area (Å²) in [6.07, 6.45) is 1.24. The predicted molar refractivity (Wildman–Crippen MR) is 65.4 cm³/mol. The molecular formula is C12H20N3O3-. The van der Waals surface area contributed by atoms with Gasteiger partial charge in [0.15, 0.2) is 0 Å². The third kappa shape index (κ3) is 2.19. The molecule has 0 radical (unpaired) electrons. The fraction of sp³-hybridized carbons (Fsp3) is 0.750. The van der Waals surface area contributed by atoms with Gasteiger partial charge in [0.25, 0.3) is 0 Å². The van der Waals surface area contributed by atoms with Crippen LogP contribution in [0, 0.1) is 16.7 Å². The molecule has 0 aromatic heterocycles. The van der Waals surface area contributed by atoms with E-state index in [-0.39, 0.29) is 0 Å². The number of carboxylic acid groups (broad SMARTS) is 1. The van der Waals surface area contributed by atoms with Crippen LogP contribution in [0.3, 0.4) is 0 Å². The molecule has 0 heterocycles. The van der Waals surface area contributed by atoms with E-state index in [1.54, 1.807) is 6.92 Å². The minimum absolute atomic E-state index is 0.403. The van der Waals surface area contributed by atoms with Gasteiger partial charge in [-0.1, -0.05) is 20.8 Å². The maximum absolute atomic E-state index is 11.2. The highest BCUT2D eigenvalue weighted by molar-refractivity contribution is 5.90. The monoisotopic (exact) mass is 254 g/mol. The maximum atomic E-state index is 11.2. The molecule has 1 rings (SSSR count). The lowest BCUT2D eigenvalue weighted by molar-refractivity contribution is -0.314. The number of hydrogen-bond donors (Lipinski definition) is 2. The van der Waals surface area contributed by atoms with Gasteiger partial charge in [-0.25, -0.2) is 10.2 Å². The van der Waals surface area contributed by atoms with Gasteiger partial charge in [-0.3, -0.25) is 0 Å². The molecule has 1 saturated carbocycles. The van der Waals surface area contributed by atoms with Gasteiger partial charge in [0.2, 0.25) is 0 Å². The molecule has 1 aliphatic rings. The number of carbonyl (C=O) groups excluding carboxylic acids is 2. The van der Waals surface area contributed by atoms with Crippen molar-refractivity contribution in [3.8, 4) is 0 Å². The zero-order chi connectivity index (χ0) is 14.1. The molecule has 1 fully saturated rings. The van der Waals surface area contributed by atoms with Gasteiger partial charge in [0, 0.05) is 23.0 Å². The molecule has 0 spiro atoms. The first kappa shape index (κ1) is 14.5. The Morgan fingerprint density at radius 1 is 1.39 bits per heavy atom. The molecule has 2 atom stereocenters. The Morgan fingerprint density at radius 3 is 2.33 bits per heavy atom. The van der Waals surface area contributed by atoms with Crippen LogP contribution in [0.15, 0.2) is 5.10 Å². The lowest BCUT2D eigenvalue weighted by Gasteiger charge is -2.42. The van der Waals surface area contributed by atoms with Crippen LogP contribution in [0.25, 0.3) is 0 Å². The predicted octanol–water partition coefficient (Wildman–Crippen LogP) is 0.223. The fourth-order valence-corrected chi connectivity index (χ4v) is 2.82. The number of nitrogens with two attached hydrogens (primary N) is 1. The van der Waals surface area contributed by atoms with Gasteiger partial charge >= 0.3 is 6.03 Å². The summed E-state index contributed by atoms with van der Waals surface area (Å²) < 4.78 is 0. The van der Waals surface area contributed by atoms with Gasteiger partial charge in [-0.2, -0.15) is 5.10 Å². The molecule has 0 aliphatic heterocycles. The van der Waals surface area contributed by atoms with Crippen LogP contribution in [-0.4, -0.2) is 17.7 Å². The first-order chi connectivity index (χ1) is 8.13. The Hall–Kier alpha value is -1.59. The van der Waals surface area contributed by atoms with Crippen LogP contribution in [0.2, 0.25) is 0 Å². The number of amides is 2. The van der Waals surface area contributed by atoms with E-state index in [4.69, 9.17) is 5.73 Å². The second kappa shape index (κ2) is 4.59. The highest BCUT2D eigenvalue weighted by atomic mass is 16.4. The number of carbonyl (C=O) groups is 2. The molecule has 0 bridgehead atoms. The molecule has 0 aromatic carbocycles. The van der Waals surface area contributed by atoms with E-state index < -0.39 is 28.7 Å². The summed E-state index contributed by atoms with van der Waals surface area (Å²) in [5.41, 5.74) is 6.94. The molecule has 1 aliphatic carbocycles. The molecule has 0 saturated heterocycles. The van der Waals surface area contributed by atoms with Crippen LogP contribution < -0.4 is 16.3 Å². The summed E-state index contributed by atoms with van der Waals surface area (Å²) in [5.74, 6) is -1.54. The molecule has 102 valence electrons. The molecular weight excluding hydrogens is 234 g/mol. The van der Waals surface area contributed by atoms with Crippen molar-refractivity contribution in [3.63, 3.8) is 0 Å². The first-order valence-electron chi connectivity index (χ1n) is 5.94. The molecule has 0 unspecified atom stereocenters. The second-order valence-electron chi connectivity index (χ2n) is 5.64. The Morgan fingerprint density at radius 2 is 1.94 bits per heavy atom. The lowest BCUT2D eigenvalue weighted by Crippen LogP contribution is -2.46. The molecule has 18 heavy (non-hydrogen) atoms. The van der Waals surface area contributed by atoms with Crippen LogP contribution >= 0.6 is 0 Å². The van der Waals surface area contributed by atoms with Crippen molar-refractivity contribution in [2.24, 2.45) is 27.6 Å². The van der Waals surface area contributed by atoms with E-state index in [9.17, 15) is 14.7 Å². The van der Waals surface area contributed by atoms with E-state index in [0.717, 1.165) is 0 Å². The number of rotatable bonds is 3. The van der Waals surface area contributed by atoms with E-state index in [2.05, 4.69) is 10.5 Å². The van der Waals surface area contributed by atoms with Gasteiger partial charge in [0.05, 0.1) is 0 Å². The van der Waals surface area contributed by atoms with Crippen molar-refractivity contribution in [2.75, 3.05) is 0 Å². The van der Waals surface area contributed by atoms with E-state index in [1.807, 2.05) is 20.8 Å². The number of nitrogens with one attached hydrogen (secondary N) is 1. The number of aliphatic carboxylic acids is 1. The summed E-state index contributed by atoms with van der Waals surface area (Å²) in [7, 11) is 0. The second-order valence-corrected chi connectivity index (χ2v) is 5.64. The van der Waals surface area contributed by atoms with Crippen LogP contribution in [-0.2, 0) is 4.79 Å². The van der Waals surface area contributed by atoms with E-state index >= 15 is 0 Å². The minimum Gasteiger partial charge on any atom is -0.550 e. The highest BCUT2D eigenvalue weighted by Gasteiger charge is 2.53. The number of primary amides is 1. The Labute approximate surface area is 107 Å². The number of carboxylic acids is 1. The Bertz CT molecular complexity index is 403. The van der Waals surface area contributed by atoms with Crippen LogP contribution in [0.5, 0.6) is 0 Å². The van der Waals surface area contributed by atoms with Gasteiger partial charge < -0.3 is 15.6 Å². The average molecular weight is 254 g/mol. The standard InChI is InChI=1S/C12H21N3O3/c1-7(14-15-10(13)18)12(4)6-5-8(9(16)17)11(12,2)3/h8H,5-6H2,1-4H3,(H,16,17)(H3,13,15,18)/p-1/t8-,12-/m0/s1. The average Bonchev–Trinajstić information content (AvgIpc) is 2.47. The maximum Gasteiger partial charge on any atom is 0.332 e. The van der Waals surface area contributed by atoms with E-state index in [1.165, 1.54) is 0 Å². The SMILES string of the molecule is CC(=NNC(N)=O)[C@]1(C)CC[C@@H](C(=O)[O-])C1(C)C. The van der Waals surface area contributed by atoms with Crippen molar-refractivity contribution in [2.45, 2.75) is 40.5 Å². The summed E-state index contributed by atoms with van der Waals surface area (Å²) >= 11 is 0. The fourth-order valence-electron chi connectivity index (χ4n) is 2.82. The van der Waals surface area contributed by atoms with Gasteiger partial charge in [-0.05, 0) is 25.2 Å². The van der Waals surface area contributed by atoms with Crippen molar-refractivity contribution in [1.29, 1.82) is 0 Å². The largest absolute Gasteiger partial charge is 0.550 e. The number of hydrogen-bond acceptors (Lipinski definition) is 4. The Kier molecular flexibility index (Phi) is 3.69. The zero-order valence-electron chi connectivity index (χ0n) is 11.2. The normalized spacial score (nSPS) is 31.1. The van der Waals surface area contributed by atoms with Crippen LogP contribution in [0.1, 0.15) is 40.5 Å². The number of nitrogens with zero attached hydrogens (tertiary/aromatic N) is 1. The van der Waals surface area contributed by atoms with Crippen LogP contribution in [0.4, 0.5) is 4.79 Å². The van der Waals surface area contributed by atoms with Crippen molar-refractivity contribution in [3.05, 3.63) is 0 Å². The summed E-state index contributed by atoms with van der Waals surface area (Å²) in [5, 5.41) is 15.1. The molecule has 0 aromatic rings. The summed E-state index contributed by atoms with van der Waals surface area (Å²) in [6.45, 7) is 7.51. The smallest absolute Gasteiger partial charge is 0.332 e. The Balaban J connectivity index is 3.04. The van der Waals surface area contributed by atoms with Crippen molar-refractivity contribution < 1.29 is 14.7 Å². The highest BCUT2D eigenvalue weighted by Crippen LogP contribution is 2.56. The van der Waals surface area contributed by atoms with Gasteiger partial charge in [-0.15, -0.1) is 0 Å². The van der Waals surface area contributed by atoms with Crippen molar-refractivity contribution in [1.82, 2.24) is 5.43 Å². The zero-order valence-corrected chi connectivity index (χ0v) is 11.2. The van der Waals surface area contributed by atoms with Gasteiger partial charge in [0.1, 0.15) is 0 Å². The molecule has 3 N–H and O–H groups in total. The third-order valence-electron chi connectivity index (χ3n) is 4.64. The molecule has 6 heteroatoms. The summed E-state index contributed by atoms with van der Waals surface area (Å²) in [4.78, 5) is 21.8. The molecule has 6 nitrogen and oxygen atoms in total. The third-order valence-corrected chi connectivity index (χ3v) is 4.64. The summed E-state index contributed by atoms with van der Waals surface area (Å²) in [6, 6.07) is -0.731. The quantitative estimate of drug-likeness (QED) is 0.555.